The van der Waals surface area contributed by atoms with E-state index in [1.54, 1.807) is 0 Å². The Labute approximate surface area is 278 Å². The van der Waals surface area contributed by atoms with Crippen LogP contribution in [0.4, 0.5) is 17.1 Å². The molecule has 47 heavy (non-hydrogen) atoms. The Morgan fingerprint density at radius 3 is 1.30 bits per heavy atom. The van der Waals surface area contributed by atoms with Crippen LogP contribution in [0.3, 0.4) is 0 Å². The van der Waals surface area contributed by atoms with E-state index >= 15 is 0 Å². The zero-order chi connectivity index (χ0) is 32.8. The Hall–Kier alpha value is -5.42. The normalized spacial score (nSPS) is 10.6. The van der Waals surface area contributed by atoms with Crippen LogP contribution in [0, 0.1) is 0 Å². The lowest BCUT2D eigenvalue weighted by Gasteiger charge is -2.26. The summed E-state index contributed by atoms with van der Waals surface area (Å²) in [5.41, 5.74) is 10.2. The summed E-state index contributed by atoms with van der Waals surface area (Å²) in [6, 6.07) is 46.8. The first-order valence-corrected chi connectivity index (χ1v) is 16.1. The molecule has 5 heteroatoms. The molecule has 0 unspecified atom stereocenters. The van der Waals surface area contributed by atoms with Crippen molar-refractivity contribution in [3.8, 4) is 0 Å². The lowest BCUT2D eigenvalue weighted by molar-refractivity contribution is -0.142. The van der Waals surface area contributed by atoms with Crippen LogP contribution in [0.5, 0.6) is 0 Å². The number of carbonyl (C=O) groups is 2. The molecule has 0 bridgehead atoms. The van der Waals surface area contributed by atoms with Gasteiger partial charge < -0.3 is 14.4 Å². The highest BCUT2D eigenvalue weighted by Crippen LogP contribution is 2.36. The molecule has 0 atom stereocenters. The van der Waals surface area contributed by atoms with Gasteiger partial charge in [-0.25, -0.2) is 0 Å². The first-order valence-electron chi connectivity index (χ1n) is 16.1. The van der Waals surface area contributed by atoms with E-state index in [1.807, 2.05) is 12.1 Å². The Morgan fingerprint density at radius 1 is 0.532 bits per heavy atom. The van der Waals surface area contributed by atoms with Gasteiger partial charge in [-0.15, -0.1) is 0 Å². The zero-order valence-corrected chi connectivity index (χ0v) is 27.1. The third kappa shape index (κ3) is 9.78. The molecular weight excluding hydrogens is 582 g/mol. The van der Waals surface area contributed by atoms with E-state index in [1.165, 1.54) is 41.7 Å². The SMILES string of the molecule is CC(=O)OCCCc1ccc(N(c2ccc(C=C(c3ccccc3)c3ccccc3)cc2)c2ccc(CCCOC(C)=O)cc2)cc1. The van der Waals surface area contributed by atoms with E-state index in [4.69, 9.17) is 9.47 Å². The van der Waals surface area contributed by atoms with Crippen molar-refractivity contribution in [2.75, 3.05) is 18.1 Å². The Morgan fingerprint density at radius 2 is 0.915 bits per heavy atom. The van der Waals surface area contributed by atoms with Crippen LogP contribution in [0.15, 0.2) is 133 Å². The number of hydrogen-bond donors (Lipinski definition) is 0. The Bertz CT molecular complexity index is 1640. The molecule has 0 heterocycles. The number of aryl methyl sites for hydroxylation is 2. The van der Waals surface area contributed by atoms with Crippen molar-refractivity contribution >= 4 is 40.6 Å². The molecule has 0 radical (unpaired) electrons. The fourth-order valence-corrected chi connectivity index (χ4v) is 5.51. The predicted molar refractivity (Wildman–Crippen MR) is 191 cm³/mol. The third-order valence-corrected chi connectivity index (χ3v) is 7.85. The van der Waals surface area contributed by atoms with Crippen molar-refractivity contribution in [2.45, 2.75) is 39.5 Å². The highest BCUT2D eigenvalue weighted by molar-refractivity contribution is 5.91. The Balaban J connectivity index is 1.42. The van der Waals surface area contributed by atoms with Crippen LogP contribution in [-0.4, -0.2) is 25.2 Å². The smallest absolute Gasteiger partial charge is 0.302 e. The molecule has 0 aliphatic heterocycles. The summed E-state index contributed by atoms with van der Waals surface area (Å²) in [5, 5.41) is 0. The summed E-state index contributed by atoms with van der Waals surface area (Å²) in [6.45, 7) is 3.72. The van der Waals surface area contributed by atoms with E-state index in [0.29, 0.717) is 13.2 Å². The summed E-state index contributed by atoms with van der Waals surface area (Å²) < 4.78 is 10.2. The summed E-state index contributed by atoms with van der Waals surface area (Å²) in [4.78, 5) is 24.5. The van der Waals surface area contributed by atoms with Crippen LogP contribution in [0.2, 0.25) is 0 Å². The summed E-state index contributed by atoms with van der Waals surface area (Å²) in [5.74, 6) is -0.492. The minimum Gasteiger partial charge on any atom is -0.466 e. The fourth-order valence-electron chi connectivity index (χ4n) is 5.51. The maximum absolute atomic E-state index is 11.1. The van der Waals surface area contributed by atoms with Gasteiger partial charge in [0.05, 0.1) is 13.2 Å². The van der Waals surface area contributed by atoms with Crippen LogP contribution in [0.1, 0.15) is 54.5 Å². The zero-order valence-electron chi connectivity index (χ0n) is 27.1. The average molecular weight is 624 g/mol. The second-order valence-corrected chi connectivity index (χ2v) is 11.4. The number of nitrogens with zero attached hydrogens (tertiary/aromatic N) is 1. The fraction of sp³-hybridized carbons (Fsp3) is 0.190. The molecule has 0 aliphatic rings. The van der Waals surface area contributed by atoms with Crippen molar-refractivity contribution in [1.82, 2.24) is 0 Å². The van der Waals surface area contributed by atoms with Crippen LogP contribution in [0.25, 0.3) is 11.6 Å². The van der Waals surface area contributed by atoms with Crippen molar-refractivity contribution in [3.05, 3.63) is 161 Å². The van der Waals surface area contributed by atoms with E-state index in [2.05, 4.69) is 132 Å². The van der Waals surface area contributed by atoms with Gasteiger partial charge >= 0.3 is 11.9 Å². The third-order valence-electron chi connectivity index (χ3n) is 7.85. The van der Waals surface area contributed by atoms with Gasteiger partial charge in [0.15, 0.2) is 0 Å². The molecule has 0 fully saturated rings. The summed E-state index contributed by atoms with van der Waals surface area (Å²) in [6.07, 6.45) is 5.48. The molecule has 5 nitrogen and oxygen atoms in total. The number of carbonyl (C=O) groups excluding carboxylic acids is 2. The number of rotatable bonds is 14. The largest absolute Gasteiger partial charge is 0.466 e. The monoisotopic (exact) mass is 623 g/mol. The van der Waals surface area contributed by atoms with Gasteiger partial charge in [0.25, 0.3) is 0 Å². The summed E-state index contributed by atoms with van der Waals surface area (Å²) >= 11 is 0. The molecule has 0 saturated carbocycles. The highest BCUT2D eigenvalue weighted by atomic mass is 16.5. The molecule has 0 spiro atoms. The average Bonchev–Trinajstić information content (AvgIpc) is 3.10. The van der Waals surface area contributed by atoms with Gasteiger partial charge in [0.1, 0.15) is 0 Å². The topological polar surface area (TPSA) is 55.8 Å². The maximum Gasteiger partial charge on any atom is 0.302 e. The first-order chi connectivity index (χ1) is 23.0. The van der Waals surface area contributed by atoms with Gasteiger partial charge in [0.2, 0.25) is 0 Å². The second kappa shape index (κ2) is 16.8. The van der Waals surface area contributed by atoms with Crippen LogP contribution >= 0.6 is 0 Å². The van der Waals surface area contributed by atoms with Gasteiger partial charge in [-0.3, -0.25) is 9.59 Å². The van der Waals surface area contributed by atoms with Crippen molar-refractivity contribution in [3.63, 3.8) is 0 Å². The van der Waals surface area contributed by atoms with Crippen LogP contribution < -0.4 is 4.90 Å². The van der Waals surface area contributed by atoms with Crippen molar-refractivity contribution in [1.29, 1.82) is 0 Å². The standard InChI is InChI=1S/C42H41NO4/c1-32(44)46-29-9-11-34-17-23-39(24-18-34)43(40-25-19-35(20-26-40)12-10-30-47-33(2)45)41-27-21-36(22-28-41)31-42(37-13-5-3-6-14-37)38-15-7-4-8-16-38/h3-8,13-28,31H,9-12,29-30H2,1-2H3. The van der Waals surface area contributed by atoms with Crippen LogP contribution in [-0.2, 0) is 31.9 Å². The number of esters is 2. The van der Waals surface area contributed by atoms with Gasteiger partial charge in [-0.05, 0) is 102 Å². The van der Waals surface area contributed by atoms with Gasteiger partial charge in [-0.2, -0.15) is 0 Å². The predicted octanol–water partition coefficient (Wildman–Crippen LogP) is 9.74. The molecule has 5 aromatic rings. The maximum atomic E-state index is 11.1. The molecule has 5 rings (SSSR count). The highest BCUT2D eigenvalue weighted by Gasteiger charge is 2.13. The summed E-state index contributed by atoms with van der Waals surface area (Å²) in [7, 11) is 0. The minimum atomic E-state index is -0.246. The molecule has 0 aromatic heterocycles. The van der Waals surface area contributed by atoms with E-state index in [-0.39, 0.29) is 11.9 Å². The quantitative estimate of drug-likeness (QED) is 0.0700. The van der Waals surface area contributed by atoms with E-state index in [0.717, 1.165) is 48.3 Å². The Kier molecular flexibility index (Phi) is 11.8. The number of hydrogen-bond acceptors (Lipinski definition) is 5. The molecule has 0 amide bonds. The number of benzene rings is 5. The molecular formula is C42H41NO4. The minimum absolute atomic E-state index is 0.246. The van der Waals surface area contributed by atoms with Crippen molar-refractivity contribution < 1.29 is 19.1 Å². The second-order valence-electron chi connectivity index (χ2n) is 11.4. The molecule has 5 aromatic carbocycles. The van der Waals surface area contributed by atoms with Gasteiger partial charge in [0, 0.05) is 30.9 Å². The van der Waals surface area contributed by atoms with E-state index < -0.39 is 0 Å². The molecule has 0 aliphatic carbocycles. The molecule has 0 saturated heterocycles. The first kappa shape index (κ1) is 33.0. The molecule has 238 valence electrons. The van der Waals surface area contributed by atoms with E-state index in [9.17, 15) is 9.59 Å². The number of anilines is 3. The molecule has 0 N–H and O–H groups in total. The lowest BCUT2D eigenvalue weighted by atomic mass is 9.95. The number of ether oxygens (including phenoxy) is 2. The lowest BCUT2D eigenvalue weighted by Crippen LogP contribution is -2.10. The van der Waals surface area contributed by atoms with Crippen molar-refractivity contribution in [2.24, 2.45) is 0 Å². The van der Waals surface area contributed by atoms with Gasteiger partial charge in [-0.1, -0.05) is 97.1 Å².